The molecule has 0 bridgehead atoms. The van der Waals surface area contributed by atoms with Crippen LogP contribution in [0.1, 0.15) is 21.7 Å². The lowest BCUT2D eigenvalue weighted by Gasteiger charge is -2.06. The number of amides is 1. The van der Waals surface area contributed by atoms with Gasteiger partial charge in [0, 0.05) is 17.6 Å². The van der Waals surface area contributed by atoms with Crippen molar-refractivity contribution >= 4 is 27.7 Å². The summed E-state index contributed by atoms with van der Waals surface area (Å²) in [5, 5.41) is 3.84. The van der Waals surface area contributed by atoms with Gasteiger partial charge < -0.3 is 9.73 Å². The maximum atomic E-state index is 12.1. The van der Waals surface area contributed by atoms with Gasteiger partial charge in [-0.2, -0.15) is 0 Å². The third kappa shape index (κ3) is 5.67. The van der Waals surface area contributed by atoms with E-state index in [0.29, 0.717) is 5.69 Å². The second-order valence-corrected chi connectivity index (χ2v) is 7.36. The number of sulfonamides is 1. The highest BCUT2D eigenvalue weighted by Gasteiger charge is 2.09. The molecule has 0 spiro atoms. The second kappa shape index (κ2) is 8.48. The van der Waals surface area contributed by atoms with Gasteiger partial charge in [-0.05, 0) is 41.5 Å². The molecule has 7 heteroatoms. The van der Waals surface area contributed by atoms with Crippen molar-refractivity contribution in [1.82, 2.24) is 4.72 Å². The molecule has 0 saturated heterocycles. The van der Waals surface area contributed by atoms with E-state index in [-0.39, 0.29) is 18.2 Å². The first-order chi connectivity index (χ1) is 13.0. The standard InChI is InChI=1S/C20H18N2O4S/c23-20(19-7-4-13-26-19)22-18-10-8-17(9-11-18)15-21-27(24,25)14-12-16-5-2-1-3-6-16/h1-14,21H,15H2,(H,22,23)/b14-12+. The molecule has 1 aromatic heterocycles. The first kappa shape index (κ1) is 18.6. The van der Waals surface area contributed by atoms with Crippen LogP contribution < -0.4 is 10.0 Å². The summed E-state index contributed by atoms with van der Waals surface area (Å²) >= 11 is 0. The van der Waals surface area contributed by atoms with Gasteiger partial charge in [-0.1, -0.05) is 42.5 Å². The molecule has 2 N–H and O–H groups in total. The quantitative estimate of drug-likeness (QED) is 0.653. The summed E-state index contributed by atoms with van der Waals surface area (Å²) in [6.45, 7) is 0.147. The molecule has 0 aliphatic carbocycles. The molecule has 0 atom stereocenters. The molecule has 0 aliphatic heterocycles. The third-order valence-corrected chi connectivity index (χ3v) is 4.71. The molecule has 6 nitrogen and oxygen atoms in total. The van der Waals surface area contributed by atoms with Crippen molar-refractivity contribution < 1.29 is 17.6 Å². The first-order valence-electron chi connectivity index (χ1n) is 8.18. The van der Waals surface area contributed by atoms with Gasteiger partial charge in [-0.25, -0.2) is 13.1 Å². The molecular weight excluding hydrogens is 364 g/mol. The highest BCUT2D eigenvalue weighted by Crippen LogP contribution is 2.12. The van der Waals surface area contributed by atoms with Gasteiger partial charge in [0.25, 0.3) is 5.91 Å². The number of benzene rings is 2. The van der Waals surface area contributed by atoms with E-state index in [9.17, 15) is 13.2 Å². The van der Waals surface area contributed by atoms with Crippen molar-refractivity contribution in [3.8, 4) is 0 Å². The summed E-state index contributed by atoms with van der Waals surface area (Å²) < 4.78 is 31.6. The number of anilines is 1. The molecule has 0 fully saturated rings. The lowest BCUT2D eigenvalue weighted by atomic mass is 10.2. The van der Waals surface area contributed by atoms with E-state index in [1.807, 2.05) is 30.3 Å². The van der Waals surface area contributed by atoms with E-state index in [0.717, 1.165) is 16.5 Å². The lowest BCUT2D eigenvalue weighted by molar-refractivity contribution is 0.0996. The molecule has 2 aromatic carbocycles. The van der Waals surface area contributed by atoms with E-state index < -0.39 is 10.0 Å². The summed E-state index contributed by atoms with van der Waals surface area (Å²) in [5.41, 5.74) is 2.16. The van der Waals surface area contributed by atoms with Crippen LogP contribution in [0.15, 0.2) is 82.8 Å². The summed E-state index contributed by atoms with van der Waals surface area (Å²) in [6, 6.07) is 19.3. The molecule has 0 aliphatic rings. The van der Waals surface area contributed by atoms with Crippen molar-refractivity contribution in [2.75, 3.05) is 5.32 Å². The molecule has 1 heterocycles. The van der Waals surface area contributed by atoms with Gasteiger partial charge >= 0.3 is 0 Å². The van der Waals surface area contributed by atoms with Crippen LogP contribution in [0.3, 0.4) is 0 Å². The van der Waals surface area contributed by atoms with Gasteiger partial charge in [-0.3, -0.25) is 4.79 Å². The first-order valence-corrected chi connectivity index (χ1v) is 9.73. The van der Waals surface area contributed by atoms with Crippen molar-refractivity contribution in [1.29, 1.82) is 0 Å². The topological polar surface area (TPSA) is 88.4 Å². The highest BCUT2D eigenvalue weighted by atomic mass is 32.2. The number of hydrogen-bond donors (Lipinski definition) is 2. The smallest absolute Gasteiger partial charge is 0.291 e. The van der Waals surface area contributed by atoms with Gasteiger partial charge in [0.15, 0.2) is 5.76 Å². The second-order valence-electron chi connectivity index (χ2n) is 5.71. The molecule has 1 amide bonds. The lowest BCUT2D eigenvalue weighted by Crippen LogP contribution is -2.20. The number of hydrogen-bond acceptors (Lipinski definition) is 4. The van der Waals surface area contributed by atoms with Crippen molar-refractivity contribution in [2.24, 2.45) is 0 Å². The fourth-order valence-corrected chi connectivity index (χ4v) is 3.07. The Bertz CT molecular complexity index is 1010. The minimum Gasteiger partial charge on any atom is -0.459 e. The number of rotatable bonds is 7. The van der Waals surface area contributed by atoms with Gasteiger partial charge in [0.2, 0.25) is 10.0 Å². The van der Waals surface area contributed by atoms with E-state index >= 15 is 0 Å². The Morgan fingerprint density at radius 1 is 0.963 bits per heavy atom. The van der Waals surface area contributed by atoms with Crippen LogP contribution in [0, 0.1) is 0 Å². The summed E-state index contributed by atoms with van der Waals surface area (Å²) in [6.07, 6.45) is 2.96. The SMILES string of the molecule is O=C(Nc1ccc(CNS(=O)(=O)/C=C/c2ccccc2)cc1)c1ccco1. The van der Waals surface area contributed by atoms with Crippen LogP contribution in [-0.4, -0.2) is 14.3 Å². The van der Waals surface area contributed by atoms with Crippen LogP contribution in [0.4, 0.5) is 5.69 Å². The Morgan fingerprint density at radius 3 is 2.37 bits per heavy atom. The minimum atomic E-state index is -3.55. The zero-order chi connectivity index (χ0) is 19.1. The van der Waals surface area contributed by atoms with Crippen LogP contribution in [0.5, 0.6) is 0 Å². The summed E-state index contributed by atoms with van der Waals surface area (Å²) in [5.74, 6) is -0.128. The minimum absolute atomic E-state index is 0.147. The van der Waals surface area contributed by atoms with Crippen LogP contribution in [-0.2, 0) is 16.6 Å². The van der Waals surface area contributed by atoms with Crippen LogP contribution >= 0.6 is 0 Å². The molecule has 0 radical (unpaired) electrons. The zero-order valence-electron chi connectivity index (χ0n) is 14.3. The van der Waals surface area contributed by atoms with E-state index in [1.165, 1.54) is 12.3 Å². The van der Waals surface area contributed by atoms with Gasteiger partial charge in [-0.15, -0.1) is 0 Å². The molecule has 138 valence electrons. The van der Waals surface area contributed by atoms with Crippen molar-refractivity contribution in [3.63, 3.8) is 0 Å². The molecule has 27 heavy (non-hydrogen) atoms. The van der Waals surface area contributed by atoms with E-state index in [4.69, 9.17) is 4.42 Å². The fourth-order valence-electron chi connectivity index (χ4n) is 2.27. The van der Waals surface area contributed by atoms with E-state index in [2.05, 4.69) is 10.0 Å². The van der Waals surface area contributed by atoms with Crippen LogP contribution in [0.25, 0.3) is 6.08 Å². The monoisotopic (exact) mass is 382 g/mol. The Morgan fingerprint density at radius 2 is 1.70 bits per heavy atom. The molecule has 0 unspecified atom stereocenters. The molecule has 3 rings (SSSR count). The maximum absolute atomic E-state index is 12.1. The van der Waals surface area contributed by atoms with Gasteiger partial charge in [0.05, 0.1) is 6.26 Å². The van der Waals surface area contributed by atoms with Gasteiger partial charge in [0.1, 0.15) is 0 Å². The predicted molar refractivity (Wildman–Crippen MR) is 104 cm³/mol. The van der Waals surface area contributed by atoms with Crippen LogP contribution in [0.2, 0.25) is 0 Å². The predicted octanol–water partition coefficient (Wildman–Crippen LogP) is 3.62. The Hall–Kier alpha value is -3.16. The molecular formula is C20H18N2O4S. The third-order valence-electron chi connectivity index (χ3n) is 3.67. The normalized spacial score (nSPS) is 11.6. The average molecular weight is 382 g/mol. The Balaban J connectivity index is 1.55. The summed E-state index contributed by atoms with van der Waals surface area (Å²) in [7, 11) is -3.55. The highest BCUT2D eigenvalue weighted by molar-refractivity contribution is 7.92. The number of carbonyl (C=O) groups excluding carboxylic acids is 1. The largest absolute Gasteiger partial charge is 0.459 e. The number of furan rings is 1. The van der Waals surface area contributed by atoms with Crippen molar-refractivity contribution in [3.05, 3.63) is 95.3 Å². The maximum Gasteiger partial charge on any atom is 0.291 e. The fraction of sp³-hybridized carbons (Fsp3) is 0.0500. The number of carbonyl (C=O) groups is 1. The van der Waals surface area contributed by atoms with Crippen molar-refractivity contribution in [2.45, 2.75) is 6.54 Å². The molecule has 0 saturated carbocycles. The average Bonchev–Trinajstić information content (AvgIpc) is 3.22. The number of nitrogens with one attached hydrogen (secondary N) is 2. The molecule has 3 aromatic rings. The Kier molecular flexibility index (Phi) is 5.85. The summed E-state index contributed by atoms with van der Waals surface area (Å²) in [4.78, 5) is 11.9. The zero-order valence-corrected chi connectivity index (χ0v) is 15.1. The van der Waals surface area contributed by atoms with E-state index in [1.54, 1.807) is 36.4 Å². The Labute approximate surface area is 157 Å².